The number of hydrogen-bond donors (Lipinski definition) is 4. The average molecular weight is 868 g/mol. The van der Waals surface area contributed by atoms with Crippen LogP contribution in [0.25, 0.3) is 44.5 Å². The summed E-state index contributed by atoms with van der Waals surface area (Å²) in [6, 6.07) is 14.6. The molecule has 4 N–H and O–H groups in total. The molecular formula is C48H53N9O7. The number of methoxy groups -OCH3 is 2. The van der Waals surface area contributed by atoms with Gasteiger partial charge in [0, 0.05) is 43.6 Å². The normalized spacial score (nSPS) is 19.9. The zero-order chi connectivity index (χ0) is 44.2. The number of allylic oxidation sites excluding steroid dienone is 2. The van der Waals surface area contributed by atoms with Crippen molar-refractivity contribution in [1.82, 2.24) is 45.4 Å². The van der Waals surface area contributed by atoms with Crippen LogP contribution in [0, 0.1) is 5.92 Å². The standard InChI is InChI=1S/C48H53N9O7/c1-62-47(60)54-41(29-8-4-3-5-9-29)45(58)57-21-7-11-40(57)44-51-28-38(53-44)36-17-16-35(26-49-36)33-13-12-32-25-34(15-14-31(32)24-33)37-27-50-43(52-37)39-10-6-20-56(39)46(59)42(55-48(61)63-2)30-18-22-64-23-19-30/h4,8-9,12-17,24-28,30,39-42H,3,5-7,10-11,18-23H2,1-2H3,(H,50,52)(H,51,53)(H,54,60)(H,55,61)/t39-,40-,41+,42-/m0/s1. The van der Waals surface area contributed by atoms with Crippen molar-refractivity contribution in [1.29, 1.82) is 0 Å². The molecule has 3 fully saturated rings. The molecule has 4 aliphatic rings. The van der Waals surface area contributed by atoms with Crippen LogP contribution in [0.4, 0.5) is 9.59 Å². The summed E-state index contributed by atoms with van der Waals surface area (Å²) in [6.45, 7) is 2.25. The van der Waals surface area contributed by atoms with Gasteiger partial charge in [0.2, 0.25) is 5.91 Å². The van der Waals surface area contributed by atoms with E-state index >= 15 is 0 Å². The number of benzene rings is 2. The molecular weight excluding hydrogens is 815 g/mol. The summed E-state index contributed by atoms with van der Waals surface area (Å²) in [5.74, 6) is 1.06. The fraction of sp³-hybridized carbons (Fsp3) is 0.396. The molecule has 6 heterocycles. The van der Waals surface area contributed by atoms with Crippen molar-refractivity contribution in [2.24, 2.45) is 5.92 Å². The number of fused-ring (bicyclic) bond motifs is 1. The van der Waals surface area contributed by atoms with E-state index in [2.05, 4.69) is 57.0 Å². The van der Waals surface area contributed by atoms with E-state index < -0.39 is 24.3 Å². The van der Waals surface area contributed by atoms with E-state index in [0.717, 1.165) is 94.5 Å². The maximum Gasteiger partial charge on any atom is 0.407 e. The van der Waals surface area contributed by atoms with Gasteiger partial charge in [0.15, 0.2) is 0 Å². The lowest BCUT2D eigenvalue weighted by Gasteiger charge is -2.34. The molecule has 3 saturated heterocycles. The van der Waals surface area contributed by atoms with Crippen molar-refractivity contribution in [3.63, 3.8) is 0 Å². The molecule has 3 aromatic heterocycles. The Kier molecular flexibility index (Phi) is 12.5. The van der Waals surface area contributed by atoms with Gasteiger partial charge < -0.3 is 44.6 Å². The summed E-state index contributed by atoms with van der Waals surface area (Å²) in [4.78, 5) is 77.3. The van der Waals surface area contributed by atoms with Crippen LogP contribution in [-0.4, -0.2) is 111 Å². The molecule has 0 unspecified atom stereocenters. The number of imidazole rings is 2. The number of nitrogens with one attached hydrogen (secondary N) is 4. The summed E-state index contributed by atoms with van der Waals surface area (Å²) in [6.07, 6.45) is 16.3. The third kappa shape index (κ3) is 8.87. The van der Waals surface area contributed by atoms with Crippen molar-refractivity contribution in [3.8, 4) is 33.8 Å². The number of rotatable bonds is 11. The van der Waals surface area contributed by atoms with E-state index in [0.29, 0.717) is 45.0 Å². The summed E-state index contributed by atoms with van der Waals surface area (Å²) >= 11 is 0. The fourth-order valence-electron chi connectivity index (χ4n) is 9.51. The highest BCUT2D eigenvalue weighted by atomic mass is 16.5. The molecule has 9 rings (SSSR count). The van der Waals surface area contributed by atoms with Gasteiger partial charge in [-0.05, 0) is 97.4 Å². The summed E-state index contributed by atoms with van der Waals surface area (Å²) in [5, 5.41) is 7.70. The van der Waals surface area contributed by atoms with Gasteiger partial charge >= 0.3 is 12.2 Å². The van der Waals surface area contributed by atoms with Crippen LogP contribution >= 0.6 is 0 Å². The number of hydrogen-bond acceptors (Lipinski definition) is 10. The summed E-state index contributed by atoms with van der Waals surface area (Å²) in [7, 11) is 2.60. The van der Waals surface area contributed by atoms with Gasteiger partial charge in [0.25, 0.3) is 5.91 Å². The number of carbonyl (C=O) groups excluding carboxylic acids is 4. The second-order valence-corrected chi connectivity index (χ2v) is 16.8. The first-order valence-electron chi connectivity index (χ1n) is 22.1. The van der Waals surface area contributed by atoms with E-state index in [1.807, 2.05) is 47.7 Å². The van der Waals surface area contributed by atoms with Gasteiger partial charge in [-0.15, -0.1) is 0 Å². The highest BCUT2D eigenvalue weighted by molar-refractivity contribution is 5.91. The first kappa shape index (κ1) is 42.5. The lowest BCUT2D eigenvalue weighted by atomic mass is 9.90. The molecule has 64 heavy (non-hydrogen) atoms. The Morgan fingerprint density at radius 3 is 1.98 bits per heavy atom. The van der Waals surface area contributed by atoms with Crippen LogP contribution in [0.2, 0.25) is 0 Å². The van der Waals surface area contributed by atoms with Gasteiger partial charge in [-0.1, -0.05) is 48.6 Å². The summed E-state index contributed by atoms with van der Waals surface area (Å²) in [5.41, 5.74) is 6.06. The zero-order valence-electron chi connectivity index (χ0n) is 36.0. The van der Waals surface area contributed by atoms with Crippen molar-refractivity contribution < 1.29 is 33.4 Å². The van der Waals surface area contributed by atoms with E-state index in [4.69, 9.17) is 29.2 Å². The number of likely N-dealkylation sites (tertiary alicyclic amines) is 2. The Labute approximate surface area is 370 Å². The molecule has 332 valence electrons. The maximum absolute atomic E-state index is 14.0. The second kappa shape index (κ2) is 18.9. The number of ether oxygens (including phenoxy) is 3. The minimum Gasteiger partial charge on any atom is -0.453 e. The van der Waals surface area contributed by atoms with Gasteiger partial charge in [-0.25, -0.2) is 19.6 Å². The van der Waals surface area contributed by atoms with E-state index in [1.54, 1.807) is 11.1 Å². The fourth-order valence-corrected chi connectivity index (χ4v) is 9.51. The van der Waals surface area contributed by atoms with Crippen molar-refractivity contribution >= 4 is 34.8 Å². The number of nitrogens with zero attached hydrogens (tertiary/aromatic N) is 5. The van der Waals surface area contributed by atoms with Crippen LogP contribution < -0.4 is 10.6 Å². The van der Waals surface area contributed by atoms with Gasteiger partial charge in [0.1, 0.15) is 23.7 Å². The van der Waals surface area contributed by atoms with E-state index in [1.165, 1.54) is 14.2 Å². The molecule has 1 aliphatic carbocycles. The molecule has 16 nitrogen and oxygen atoms in total. The molecule has 0 spiro atoms. The van der Waals surface area contributed by atoms with Crippen molar-refractivity contribution in [2.45, 2.75) is 75.5 Å². The third-order valence-corrected chi connectivity index (χ3v) is 12.9. The summed E-state index contributed by atoms with van der Waals surface area (Å²) < 4.78 is 15.3. The van der Waals surface area contributed by atoms with Crippen LogP contribution in [0.15, 0.2) is 90.9 Å². The van der Waals surface area contributed by atoms with Crippen molar-refractivity contribution in [3.05, 3.63) is 103 Å². The third-order valence-electron chi connectivity index (χ3n) is 12.9. The Morgan fingerprint density at radius 1 is 0.703 bits per heavy atom. The molecule has 0 bridgehead atoms. The van der Waals surface area contributed by atoms with Gasteiger partial charge in [-0.2, -0.15) is 0 Å². The molecule has 4 atom stereocenters. The van der Waals surface area contributed by atoms with Crippen LogP contribution in [0.3, 0.4) is 0 Å². The highest BCUT2D eigenvalue weighted by Crippen LogP contribution is 2.36. The molecule has 2 aromatic carbocycles. The molecule has 0 saturated carbocycles. The van der Waals surface area contributed by atoms with Gasteiger partial charge in [0.05, 0.1) is 55.8 Å². The van der Waals surface area contributed by atoms with Crippen LogP contribution in [-0.2, 0) is 23.8 Å². The number of aromatic nitrogens is 5. The number of carbonyl (C=O) groups is 4. The zero-order valence-corrected chi connectivity index (χ0v) is 36.0. The number of alkyl carbamates (subject to hydrolysis) is 2. The number of pyridine rings is 1. The van der Waals surface area contributed by atoms with E-state index in [-0.39, 0.29) is 29.8 Å². The molecule has 16 heteroatoms. The number of amides is 4. The molecule has 0 radical (unpaired) electrons. The largest absolute Gasteiger partial charge is 0.453 e. The molecule has 5 aromatic rings. The Bertz CT molecular complexity index is 2580. The number of aromatic amines is 2. The van der Waals surface area contributed by atoms with E-state index in [9.17, 15) is 19.2 Å². The first-order chi connectivity index (χ1) is 31.3. The van der Waals surface area contributed by atoms with Gasteiger partial charge in [-0.3, -0.25) is 14.6 Å². The quantitative estimate of drug-likeness (QED) is 0.106. The average Bonchev–Trinajstić information content (AvgIpc) is 4.20. The minimum atomic E-state index is -0.843. The van der Waals surface area contributed by atoms with Crippen LogP contribution in [0.1, 0.15) is 75.1 Å². The Hall–Kier alpha value is -6.81. The predicted octanol–water partition coefficient (Wildman–Crippen LogP) is 7.16. The lowest BCUT2D eigenvalue weighted by Crippen LogP contribution is -2.53. The monoisotopic (exact) mass is 867 g/mol. The Morgan fingerprint density at radius 2 is 1.33 bits per heavy atom. The topological polar surface area (TPSA) is 197 Å². The minimum absolute atomic E-state index is 0.0327. The number of H-pyrrole nitrogens is 2. The maximum atomic E-state index is 14.0. The molecule has 3 aliphatic heterocycles. The Balaban J connectivity index is 0.866. The smallest absolute Gasteiger partial charge is 0.407 e. The van der Waals surface area contributed by atoms with Crippen LogP contribution in [0.5, 0.6) is 0 Å². The van der Waals surface area contributed by atoms with Crippen molar-refractivity contribution in [2.75, 3.05) is 40.5 Å². The predicted molar refractivity (Wildman–Crippen MR) is 238 cm³/mol. The lowest BCUT2D eigenvalue weighted by molar-refractivity contribution is -0.137. The second-order valence-electron chi connectivity index (χ2n) is 16.8. The molecule has 4 amide bonds. The highest BCUT2D eigenvalue weighted by Gasteiger charge is 2.41. The first-order valence-corrected chi connectivity index (χ1v) is 22.1. The SMILES string of the molecule is COC(=O)N[C@@H](C(=O)N1CCC[C@H]1c1ncc(-c2ccc(-c3ccc4cc(-c5cnc([C@@H]6CCCN6C(=O)[C@@H](NC(=O)OC)C6CCOCC6)[nH]5)ccc4c3)cn2)[nH]1)C1=CCCC=C1.